The standard InChI is InChI=1S/C13H14ClNO4/c1-8-4-5-9(14)6-10(8)15-11(13(17)19-3)7-12(16)18-2/h4-7,15H,1-3H3/b11-7+. The van der Waals surface area contributed by atoms with E-state index in [4.69, 9.17) is 11.6 Å². The van der Waals surface area contributed by atoms with E-state index in [1.165, 1.54) is 14.2 Å². The number of aryl methyl sites for hydroxylation is 1. The molecule has 6 heteroatoms. The molecule has 5 nitrogen and oxygen atoms in total. The van der Waals surface area contributed by atoms with Crippen LogP contribution in [0.4, 0.5) is 5.69 Å². The Morgan fingerprint density at radius 3 is 2.53 bits per heavy atom. The predicted molar refractivity (Wildman–Crippen MR) is 71.9 cm³/mol. The quantitative estimate of drug-likeness (QED) is 0.678. The number of carbonyl (C=O) groups is 2. The summed E-state index contributed by atoms with van der Waals surface area (Å²) in [4.78, 5) is 22.8. The van der Waals surface area contributed by atoms with E-state index in [0.29, 0.717) is 10.7 Å². The molecule has 0 heterocycles. The van der Waals surface area contributed by atoms with Gasteiger partial charge in [0.05, 0.1) is 20.3 Å². The van der Waals surface area contributed by atoms with Gasteiger partial charge in [-0.25, -0.2) is 9.59 Å². The lowest BCUT2D eigenvalue weighted by atomic mass is 10.2. The van der Waals surface area contributed by atoms with Gasteiger partial charge in [-0.05, 0) is 24.6 Å². The molecule has 0 amide bonds. The molecule has 0 atom stereocenters. The molecule has 1 aromatic rings. The second kappa shape index (κ2) is 6.80. The van der Waals surface area contributed by atoms with Crippen molar-refractivity contribution in [3.8, 4) is 0 Å². The lowest BCUT2D eigenvalue weighted by Gasteiger charge is -2.11. The lowest BCUT2D eigenvalue weighted by molar-refractivity contribution is -0.138. The van der Waals surface area contributed by atoms with Gasteiger partial charge in [0.2, 0.25) is 0 Å². The van der Waals surface area contributed by atoms with Gasteiger partial charge in [-0.2, -0.15) is 0 Å². The monoisotopic (exact) mass is 283 g/mol. The summed E-state index contributed by atoms with van der Waals surface area (Å²) < 4.78 is 9.07. The molecule has 0 aromatic heterocycles. The van der Waals surface area contributed by atoms with Gasteiger partial charge >= 0.3 is 11.9 Å². The molecule has 1 aromatic carbocycles. The summed E-state index contributed by atoms with van der Waals surface area (Å²) in [5.74, 6) is -1.34. The first-order valence-corrected chi connectivity index (χ1v) is 5.77. The van der Waals surface area contributed by atoms with Crippen molar-refractivity contribution in [3.63, 3.8) is 0 Å². The summed E-state index contributed by atoms with van der Waals surface area (Å²) in [5, 5.41) is 3.31. The van der Waals surface area contributed by atoms with Crippen LogP contribution >= 0.6 is 11.6 Å². The second-order valence-corrected chi connectivity index (χ2v) is 4.09. The average Bonchev–Trinajstić information content (AvgIpc) is 2.40. The van der Waals surface area contributed by atoms with Crippen LogP contribution in [0.25, 0.3) is 0 Å². The number of esters is 2. The molecule has 0 unspecified atom stereocenters. The van der Waals surface area contributed by atoms with E-state index in [-0.39, 0.29) is 5.70 Å². The van der Waals surface area contributed by atoms with Crippen LogP contribution in [0.2, 0.25) is 5.02 Å². The van der Waals surface area contributed by atoms with E-state index < -0.39 is 11.9 Å². The van der Waals surface area contributed by atoms with Crippen LogP contribution < -0.4 is 5.32 Å². The summed E-state index contributed by atoms with van der Waals surface area (Å²) in [6.45, 7) is 1.84. The average molecular weight is 284 g/mol. The number of hydrogen-bond acceptors (Lipinski definition) is 5. The molecule has 0 aliphatic rings. The second-order valence-electron chi connectivity index (χ2n) is 3.66. The highest BCUT2D eigenvalue weighted by Crippen LogP contribution is 2.21. The minimum absolute atomic E-state index is 0.0280. The Morgan fingerprint density at radius 1 is 1.26 bits per heavy atom. The summed E-state index contributed by atoms with van der Waals surface area (Å²) in [6.07, 6.45) is 1.02. The number of hydrogen-bond donors (Lipinski definition) is 1. The van der Waals surface area contributed by atoms with Crippen LogP contribution in [0.15, 0.2) is 30.0 Å². The van der Waals surface area contributed by atoms with Gasteiger partial charge in [0.15, 0.2) is 0 Å². The minimum Gasteiger partial charge on any atom is -0.466 e. The van der Waals surface area contributed by atoms with E-state index in [0.717, 1.165) is 11.6 Å². The molecule has 0 aliphatic heterocycles. The van der Waals surface area contributed by atoms with Crippen molar-refractivity contribution in [3.05, 3.63) is 40.6 Å². The molecule has 0 aliphatic carbocycles. The lowest BCUT2D eigenvalue weighted by Crippen LogP contribution is -2.16. The minimum atomic E-state index is -0.676. The maximum Gasteiger partial charge on any atom is 0.354 e. The molecule has 0 radical (unpaired) electrons. The fourth-order valence-electron chi connectivity index (χ4n) is 1.31. The largest absolute Gasteiger partial charge is 0.466 e. The number of anilines is 1. The predicted octanol–water partition coefficient (Wildman–Crippen LogP) is 2.29. The Balaban J connectivity index is 3.07. The normalized spacial score (nSPS) is 10.8. The molecule has 0 saturated heterocycles. The van der Waals surface area contributed by atoms with Gasteiger partial charge < -0.3 is 14.8 Å². The van der Waals surface area contributed by atoms with Gasteiger partial charge in [-0.1, -0.05) is 17.7 Å². The van der Waals surface area contributed by atoms with E-state index in [1.54, 1.807) is 18.2 Å². The Morgan fingerprint density at radius 2 is 1.95 bits per heavy atom. The number of halogens is 1. The first kappa shape index (κ1) is 15.0. The third-order valence-electron chi connectivity index (χ3n) is 2.34. The molecule has 19 heavy (non-hydrogen) atoms. The van der Waals surface area contributed by atoms with Crippen molar-refractivity contribution in [2.75, 3.05) is 19.5 Å². The number of methoxy groups -OCH3 is 2. The van der Waals surface area contributed by atoms with Gasteiger partial charge in [0, 0.05) is 10.7 Å². The van der Waals surface area contributed by atoms with E-state index in [9.17, 15) is 9.59 Å². The summed E-state index contributed by atoms with van der Waals surface area (Å²) in [7, 11) is 2.44. The summed E-state index contributed by atoms with van der Waals surface area (Å²) >= 11 is 5.88. The molecule has 0 bridgehead atoms. The first-order chi connectivity index (χ1) is 8.97. The fourth-order valence-corrected chi connectivity index (χ4v) is 1.48. The van der Waals surface area contributed by atoms with E-state index in [2.05, 4.69) is 14.8 Å². The molecular weight excluding hydrogens is 270 g/mol. The fraction of sp³-hybridized carbons (Fsp3) is 0.231. The molecular formula is C13H14ClNO4. The van der Waals surface area contributed by atoms with Crippen LogP contribution in [-0.2, 0) is 19.1 Å². The van der Waals surface area contributed by atoms with Crippen molar-refractivity contribution in [2.45, 2.75) is 6.92 Å². The van der Waals surface area contributed by atoms with E-state index in [1.807, 2.05) is 6.92 Å². The van der Waals surface area contributed by atoms with Gasteiger partial charge in [-0.15, -0.1) is 0 Å². The highest BCUT2D eigenvalue weighted by Gasteiger charge is 2.13. The maximum absolute atomic E-state index is 11.6. The Labute approximate surface area is 116 Å². The third kappa shape index (κ3) is 4.30. The Bertz CT molecular complexity index is 525. The van der Waals surface area contributed by atoms with Crippen molar-refractivity contribution in [1.82, 2.24) is 0 Å². The van der Waals surface area contributed by atoms with E-state index >= 15 is 0 Å². The number of nitrogens with one attached hydrogen (secondary N) is 1. The van der Waals surface area contributed by atoms with Gasteiger partial charge in [-0.3, -0.25) is 0 Å². The highest BCUT2D eigenvalue weighted by molar-refractivity contribution is 6.30. The summed E-state index contributed by atoms with van der Waals surface area (Å²) in [5.41, 5.74) is 1.44. The van der Waals surface area contributed by atoms with Crippen LogP contribution in [0.5, 0.6) is 0 Å². The topological polar surface area (TPSA) is 64.6 Å². The zero-order valence-electron chi connectivity index (χ0n) is 10.8. The molecule has 0 saturated carbocycles. The van der Waals surface area contributed by atoms with Crippen LogP contribution in [0.3, 0.4) is 0 Å². The molecule has 0 fully saturated rings. The molecule has 102 valence electrons. The number of carbonyl (C=O) groups excluding carboxylic acids is 2. The van der Waals surface area contributed by atoms with Gasteiger partial charge in [0.1, 0.15) is 5.70 Å². The number of rotatable bonds is 4. The molecule has 0 spiro atoms. The van der Waals surface area contributed by atoms with Crippen molar-refractivity contribution in [2.24, 2.45) is 0 Å². The maximum atomic E-state index is 11.6. The third-order valence-corrected chi connectivity index (χ3v) is 2.57. The zero-order chi connectivity index (χ0) is 14.4. The van der Waals surface area contributed by atoms with Crippen molar-refractivity contribution in [1.29, 1.82) is 0 Å². The van der Waals surface area contributed by atoms with Crippen molar-refractivity contribution >= 4 is 29.2 Å². The SMILES string of the molecule is COC(=O)/C=C(/Nc1cc(Cl)ccc1C)C(=O)OC. The Hall–Kier alpha value is -2.01. The molecule has 1 N–H and O–H groups in total. The highest BCUT2D eigenvalue weighted by atomic mass is 35.5. The zero-order valence-corrected chi connectivity index (χ0v) is 11.6. The Kier molecular flexibility index (Phi) is 5.38. The molecule has 1 rings (SSSR count). The van der Waals surface area contributed by atoms with Crippen LogP contribution in [0.1, 0.15) is 5.56 Å². The van der Waals surface area contributed by atoms with Crippen LogP contribution in [-0.4, -0.2) is 26.2 Å². The number of benzene rings is 1. The van der Waals surface area contributed by atoms with Crippen molar-refractivity contribution < 1.29 is 19.1 Å². The number of ether oxygens (including phenoxy) is 2. The van der Waals surface area contributed by atoms with Gasteiger partial charge in [0.25, 0.3) is 0 Å². The smallest absolute Gasteiger partial charge is 0.354 e. The first-order valence-electron chi connectivity index (χ1n) is 5.39. The van der Waals surface area contributed by atoms with Crippen LogP contribution in [0, 0.1) is 6.92 Å². The summed E-state index contributed by atoms with van der Waals surface area (Å²) in [6, 6.07) is 5.16.